The van der Waals surface area contributed by atoms with Crippen molar-refractivity contribution in [2.45, 2.75) is 12.8 Å². The lowest BCUT2D eigenvalue weighted by Crippen LogP contribution is -2.52. The number of imide groups is 1. The Morgan fingerprint density at radius 3 is 2.02 bits per heavy atom. The molecule has 208 valence electrons. The Labute approximate surface area is 253 Å². The first-order valence-electron chi connectivity index (χ1n) is 12.5. The second kappa shape index (κ2) is 12.0. The van der Waals surface area contributed by atoms with Crippen LogP contribution in [-0.4, -0.2) is 46.0 Å². The van der Waals surface area contributed by atoms with Gasteiger partial charge < -0.3 is 4.74 Å². The van der Waals surface area contributed by atoms with Crippen molar-refractivity contribution in [1.82, 2.24) is 10.0 Å². The fraction of sp³-hybridized carbons (Fsp3) is 0.167. The van der Waals surface area contributed by atoms with Crippen LogP contribution >= 0.6 is 39.1 Å². The summed E-state index contributed by atoms with van der Waals surface area (Å²) >= 11 is 15.6. The van der Waals surface area contributed by atoms with Crippen molar-refractivity contribution >= 4 is 68.6 Å². The zero-order valence-electron chi connectivity index (χ0n) is 21.3. The summed E-state index contributed by atoms with van der Waals surface area (Å²) in [4.78, 5) is 66.1. The number of benzene rings is 3. The van der Waals surface area contributed by atoms with Gasteiger partial charge in [0.05, 0.1) is 28.0 Å². The highest BCUT2D eigenvalue weighted by molar-refractivity contribution is 9.10. The first kappa shape index (κ1) is 28.7. The summed E-state index contributed by atoms with van der Waals surface area (Å²) in [6, 6.07) is 16.6. The highest BCUT2D eigenvalue weighted by atomic mass is 79.9. The molecular weight excluding hydrogens is 635 g/mol. The van der Waals surface area contributed by atoms with Gasteiger partial charge >= 0.3 is 5.97 Å². The maximum absolute atomic E-state index is 13.7. The lowest BCUT2D eigenvalue weighted by Gasteiger charge is -2.30. The number of fused-ring (bicyclic) bond motifs is 1. The molecule has 41 heavy (non-hydrogen) atoms. The van der Waals surface area contributed by atoms with Crippen molar-refractivity contribution in [1.29, 1.82) is 0 Å². The zero-order valence-corrected chi connectivity index (χ0v) is 24.4. The van der Waals surface area contributed by atoms with Crippen LogP contribution in [0.2, 0.25) is 10.0 Å². The number of amides is 3. The van der Waals surface area contributed by atoms with Crippen LogP contribution in [0.25, 0.3) is 0 Å². The number of hydrogen-bond donors (Lipinski definition) is 0. The highest BCUT2D eigenvalue weighted by Crippen LogP contribution is 2.37. The van der Waals surface area contributed by atoms with Gasteiger partial charge in [0, 0.05) is 15.1 Å². The van der Waals surface area contributed by atoms with Gasteiger partial charge in [0.1, 0.15) is 12.3 Å². The smallest absolute Gasteiger partial charge is 0.343 e. The van der Waals surface area contributed by atoms with Crippen molar-refractivity contribution in [3.05, 3.63) is 110 Å². The van der Waals surface area contributed by atoms with E-state index in [1.54, 1.807) is 24.3 Å². The van der Waals surface area contributed by atoms with Gasteiger partial charge in [-0.3, -0.25) is 19.2 Å². The number of carbonyl (C=O) groups is 5. The minimum Gasteiger partial charge on any atom is -0.423 e. The van der Waals surface area contributed by atoms with Gasteiger partial charge in [-0.15, -0.1) is 0 Å². The van der Waals surface area contributed by atoms with Crippen LogP contribution in [0.3, 0.4) is 0 Å². The molecule has 0 spiro atoms. The van der Waals surface area contributed by atoms with Crippen molar-refractivity contribution in [2.24, 2.45) is 11.8 Å². The molecule has 0 N–H and O–H groups in total. The normalized spacial score (nSPS) is 17.8. The van der Waals surface area contributed by atoms with E-state index in [1.807, 2.05) is 12.2 Å². The summed E-state index contributed by atoms with van der Waals surface area (Å²) in [7, 11) is 0. The zero-order chi connectivity index (χ0) is 29.3. The second-order valence-electron chi connectivity index (χ2n) is 9.48. The maximum Gasteiger partial charge on any atom is 0.343 e. The van der Waals surface area contributed by atoms with Crippen molar-refractivity contribution in [2.75, 3.05) is 6.54 Å². The molecular formula is C30H21BrCl2N2O6. The Morgan fingerprint density at radius 2 is 1.44 bits per heavy atom. The molecule has 11 heteroatoms. The third-order valence-corrected chi connectivity index (χ3v) is 7.96. The molecule has 0 unspecified atom stereocenters. The number of ketones is 1. The number of hydrazine groups is 1. The minimum atomic E-state index is -0.798. The molecule has 5 rings (SSSR count). The monoisotopic (exact) mass is 654 g/mol. The SMILES string of the molecule is O=C(CN(C(=O)c1ccc(Cl)cc1Cl)N1C(=O)[C@H]2CC=CC[C@@H]2C1=O)c1ccc(OC(=O)c2ccc(Br)cc2)cc1. The lowest BCUT2D eigenvalue weighted by molar-refractivity contribution is -0.154. The molecule has 0 radical (unpaired) electrons. The van der Waals surface area contributed by atoms with Crippen LogP contribution in [-0.2, 0) is 9.59 Å². The molecule has 2 atom stereocenters. The van der Waals surface area contributed by atoms with Gasteiger partial charge in [0.15, 0.2) is 5.78 Å². The Hall–Kier alpha value is -3.79. The van der Waals surface area contributed by atoms with Crippen LogP contribution in [0, 0.1) is 11.8 Å². The average molecular weight is 656 g/mol. The van der Waals surface area contributed by atoms with E-state index in [1.165, 1.54) is 42.5 Å². The Morgan fingerprint density at radius 1 is 0.854 bits per heavy atom. The fourth-order valence-electron chi connectivity index (χ4n) is 4.74. The number of esters is 1. The standard InChI is InChI=1S/C30H21BrCl2N2O6/c31-19-9-5-18(6-10-19)30(40)41-21-12-7-17(8-13-21)26(36)16-34(27(37)24-14-11-20(32)15-25(24)33)35-28(38)22-3-1-2-4-23(22)29(35)39/h1-2,5-15,22-23H,3-4,16H2/t22-,23-/m0/s1. The first-order valence-corrected chi connectivity index (χ1v) is 14.1. The van der Waals surface area contributed by atoms with E-state index in [9.17, 15) is 24.0 Å². The van der Waals surface area contributed by atoms with Crippen molar-refractivity contribution in [3.63, 3.8) is 0 Å². The average Bonchev–Trinajstić information content (AvgIpc) is 3.21. The fourth-order valence-corrected chi connectivity index (χ4v) is 5.50. The molecule has 1 fully saturated rings. The van der Waals surface area contributed by atoms with E-state index >= 15 is 0 Å². The number of halogens is 3. The van der Waals surface area contributed by atoms with E-state index in [0.717, 1.165) is 14.5 Å². The Balaban J connectivity index is 1.38. The second-order valence-corrected chi connectivity index (χ2v) is 11.2. The summed E-state index contributed by atoms with van der Waals surface area (Å²) < 4.78 is 6.19. The van der Waals surface area contributed by atoms with Gasteiger partial charge in [0.2, 0.25) is 0 Å². The van der Waals surface area contributed by atoms with E-state index in [4.69, 9.17) is 27.9 Å². The topological polar surface area (TPSA) is 101 Å². The third kappa shape index (κ3) is 5.98. The Bertz CT molecular complexity index is 1560. The summed E-state index contributed by atoms with van der Waals surface area (Å²) in [5.74, 6) is -4.05. The molecule has 3 aromatic rings. The molecule has 0 saturated carbocycles. The third-order valence-electron chi connectivity index (χ3n) is 6.88. The Kier molecular flexibility index (Phi) is 8.40. The molecule has 3 aromatic carbocycles. The molecule has 1 aliphatic heterocycles. The van der Waals surface area contributed by atoms with E-state index in [-0.39, 0.29) is 21.9 Å². The number of allylic oxidation sites excluding steroid dienone is 2. The largest absolute Gasteiger partial charge is 0.423 e. The van der Waals surface area contributed by atoms with Crippen LogP contribution in [0.1, 0.15) is 43.9 Å². The van der Waals surface area contributed by atoms with E-state index in [0.29, 0.717) is 23.4 Å². The van der Waals surface area contributed by atoms with E-state index < -0.39 is 47.9 Å². The molecule has 1 saturated heterocycles. The predicted octanol–water partition coefficient (Wildman–Crippen LogP) is 6.17. The highest BCUT2D eigenvalue weighted by Gasteiger charge is 2.51. The van der Waals surface area contributed by atoms with Gasteiger partial charge in [-0.2, -0.15) is 5.01 Å². The van der Waals surface area contributed by atoms with E-state index in [2.05, 4.69) is 15.9 Å². The predicted molar refractivity (Wildman–Crippen MR) is 155 cm³/mol. The molecule has 3 amide bonds. The molecule has 1 heterocycles. The summed E-state index contributed by atoms with van der Waals surface area (Å²) in [6.07, 6.45) is 4.39. The van der Waals surface area contributed by atoms with Crippen LogP contribution in [0.15, 0.2) is 83.4 Å². The van der Waals surface area contributed by atoms with Gasteiger partial charge in [-0.1, -0.05) is 51.3 Å². The molecule has 8 nitrogen and oxygen atoms in total. The van der Waals surface area contributed by atoms with Gasteiger partial charge in [0.25, 0.3) is 17.7 Å². The number of carbonyl (C=O) groups excluding carboxylic acids is 5. The molecule has 2 aliphatic rings. The summed E-state index contributed by atoms with van der Waals surface area (Å²) in [5, 5.41) is 1.93. The summed E-state index contributed by atoms with van der Waals surface area (Å²) in [6.45, 7) is -0.611. The summed E-state index contributed by atoms with van der Waals surface area (Å²) in [5.41, 5.74) is 0.498. The maximum atomic E-state index is 13.7. The molecule has 1 aliphatic carbocycles. The minimum absolute atomic E-state index is 0.00932. The van der Waals surface area contributed by atoms with Crippen LogP contribution < -0.4 is 4.74 Å². The molecule has 0 aromatic heterocycles. The van der Waals surface area contributed by atoms with Gasteiger partial charge in [-0.25, -0.2) is 9.80 Å². The van der Waals surface area contributed by atoms with Gasteiger partial charge in [-0.05, 0) is 79.6 Å². The number of nitrogens with zero attached hydrogens (tertiary/aromatic N) is 2. The number of ether oxygens (including phenoxy) is 1. The van der Waals surface area contributed by atoms with Crippen LogP contribution in [0.4, 0.5) is 0 Å². The quantitative estimate of drug-likeness (QED) is 0.0993. The van der Waals surface area contributed by atoms with Crippen molar-refractivity contribution in [3.8, 4) is 5.75 Å². The first-order chi connectivity index (χ1) is 19.6. The number of Topliss-reactive ketones (excluding diaryl/α,β-unsaturated/α-hetero) is 1. The van der Waals surface area contributed by atoms with Crippen molar-refractivity contribution < 1.29 is 28.7 Å². The lowest BCUT2D eigenvalue weighted by atomic mass is 9.85. The molecule has 0 bridgehead atoms. The number of rotatable bonds is 7. The van der Waals surface area contributed by atoms with Crippen LogP contribution in [0.5, 0.6) is 5.75 Å². The number of hydrogen-bond acceptors (Lipinski definition) is 6.